The minimum atomic E-state index is -4.68. The van der Waals surface area contributed by atoms with E-state index in [1.807, 2.05) is 0 Å². The largest absolute Gasteiger partial charge is 0.416 e. The Morgan fingerprint density at radius 3 is 2.26 bits per heavy atom. The summed E-state index contributed by atoms with van der Waals surface area (Å²) in [6.45, 7) is 0. The number of rotatable bonds is 8. The van der Waals surface area contributed by atoms with Crippen LogP contribution in [-0.2, 0) is 11.0 Å². The minimum absolute atomic E-state index is 0.0180. The molecule has 0 unspecified atom stereocenters. The predicted octanol–water partition coefficient (Wildman–Crippen LogP) is 6.32. The zero-order valence-corrected chi connectivity index (χ0v) is 24.4. The van der Waals surface area contributed by atoms with Crippen molar-refractivity contribution in [1.82, 2.24) is 15.0 Å². The number of halogens is 3. The molecule has 0 saturated heterocycles. The molecule has 13 heteroatoms. The van der Waals surface area contributed by atoms with Gasteiger partial charge in [-0.05, 0) is 66.9 Å². The standard InChI is InChI=1S/C29H32F3N5O3S2/c30-29(31,32)17-8-6-13-20(16-17)37(24(21-14-7-15-41-21)27(39)35-19-11-4-5-12-19)28(40)25-22(33)23(36-42-25)26(38)34-18-9-2-1-3-10-18/h6-8,13-16,18-19,24H,1-5,9-12,33H2,(H,34,38)(H,35,39)/t24-/m0/s1. The highest BCUT2D eigenvalue weighted by Crippen LogP contribution is 2.38. The van der Waals surface area contributed by atoms with E-state index in [-0.39, 0.29) is 34.0 Å². The molecule has 42 heavy (non-hydrogen) atoms. The summed E-state index contributed by atoms with van der Waals surface area (Å²) in [6.07, 6.45) is 3.57. The van der Waals surface area contributed by atoms with E-state index in [1.54, 1.807) is 17.5 Å². The topological polar surface area (TPSA) is 117 Å². The van der Waals surface area contributed by atoms with Crippen LogP contribution in [0.3, 0.4) is 0 Å². The lowest BCUT2D eigenvalue weighted by atomic mass is 9.95. The maximum Gasteiger partial charge on any atom is 0.416 e. The Morgan fingerprint density at radius 2 is 1.62 bits per heavy atom. The molecule has 2 saturated carbocycles. The van der Waals surface area contributed by atoms with Crippen LogP contribution < -0.4 is 21.3 Å². The fraction of sp³-hybridized carbons (Fsp3) is 0.448. The Labute approximate surface area is 249 Å². The van der Waals surface area contributed by atoms with Crippen molar-refractivity contribution in [2.24, 2.45) is 0 Å². The normalized spacial score (nSPS) is 17.1. The molecule has 1 aromatic carbocycles. The van der Waals surface area contributed by atoms with Crippen molar-refractivity contribution in [3.63, 3.8) is 0 Å². The number of benzene rings is 1. The van der Waals surface area contributed by atoms with E-state index in [2.05, 4.69) is 15.0 Å². The molecule has 4 N–H and O–H groups in total. The molecule has 8 nitrogen and oxygen atoms in total. The van der Waals surface area contributed by atoms with Gasteiger partial charge in [-0.25, -0.2) is 0 Å². The number of nitrogen functional groups attached to an aromatic ring is 1. The molecule has 2 fully saturated rings. The van der Waals surface area contributed by atoms with E-state index in [4.69, 9.17) is 5.73 Å². The molecular formula is C29H32F3N5O3S2. The maximum atomic E-state index is 14.3. The molecule has 2 aliphatic rings. The van der Waals surface area contributed by atoms with Crippen LogP contribution in [0.2, 0.25) is 0 Å². The zero-order valence-electron chi connectivity index (χ0n) is 22.8. The highest BCUT2D eigenvalue weighted by Gasteiger charge is 2.39. The fourth-order valence-electron chi connectivity index (χ4n) is 5.61. The van der Waals surface area contributed by atoms with Crippen LogP contribution in [0.25, 0.3) is 0 Å². The average Bonchev–Trinajstić information content (AvgIpc) is 3.74. The van der Waals surface area contributed by atoms with Gasteiger partial charge in [0.1, 0.15) is 4.88 Å². The van der Waals surface area contributed by atoms with Crippen LogP contribution in [0.1, 0.15) is 94.4 Å². The summed E-state index contributed by atoms with van der Waals surface area (Å²) < 4.78 is 45.4. The van der Waals surface area contributed by atoms with Crippen LogP contribution in [0.5, 0.6) is 0 Å². The van der Waals surface area contributed by atoms with E-state index < -0.39 is 35.5 Å². The highest BCUT2D eigenvalue weighted by molar-refractivity contribution is 7.10. The van der Waals surface area contributed by atoms with Gasteiger partial charge in [0.05, 0.1) is 11.3 Å². The molecule has 5 rings (SSSR count). The number of carbonyl (C=O) groups is 3. The summed E-state index contributed by atoms with van der Waals surface area (Å²) in [5.74, 6) is -1.83. The number of amides is 3. The number of hydrogen-bond acceptors (Lipinski definition) is 7. The van der Waals surface area contributed by atoms with Crippen molar-refractivity contribution >= 4 is 52.0 Å². The monoisotopic (exact) mass is 619 g/mol. The van der Waals surface area contributed by atoms with Gasteiger partial charge in [0.25, 0.3) is 11.8 Å². The Hall–Kier alpha value is -3.45. The first-order valence-corrected chi connectivity index (χ1v) is 15.7. The molecule has 0 bridgehead atoms. The van der Waals surface area contributed by atoms with Gasteiger partial charge in [0.2, 0.25) is 5.91 Å². The Morgan fingerprint density at radius 1 is 0.952 bits per heavy atom. The number of carbonyl (C=O) groups excluding carboxylic acids is 3. The minimum Gasteiger partial charge on any atom is -0.395 e. The van der Waals surface area contributed by atoms with Crippen LogP contribution in [0.4, 0.5) is 24.5 Å². The number of aromatic nitrogens is 1. The molecule has 2 aromatic heterocycles. The summed E-state index contributed by atoms with van der Waals surface area (Å²) in [4.78, 5) is 42.5. The molecular weight excluding hydrogens is 587 g/mol. The Balaban J connectivity index is 1.54. The first kappa shape index (κ1) is 30.0. The zero-order chi connectivity index (χ0) is 29.9. The average molecular weight is 620 g/mol. The van der Waals surface area contributed by atoms with Crippen molar-refractivity contribution in [3.8, 4) is 0 Å². The van der Waals surface area contributed by atoms with Crippen molar-refractivity contribution in [1.29, 1.82) is 0 Å². The molecule has 0 radical (unpaired) electrons. The van der Waals surface area contributed by atoms with Gasteiger partial charge < -0.3 is 16.4 Å². The Kier molecular flexibility index (Phi) is 9.16. The number of anilines is 2. The molecule has 224 valence electrons. The third kappa shape index (κ3) is 6.62. The number of nitrogens with zero attached hydrogens (tertiary/aromatic N) is 2. The van der Waals surface area contributed by atoms with Gasteiger partial charge in [0, 0.05) is 22.6 Å². The second-order valence-corrected chi connectivity index (χ2v) is 12.5. The van der Waals surface area contributed by atoms with Crippen LogP contribution in [0, 0.1) is 0 Å². The molecule has 3 amide bonds. The number of thiophene rings is 1. The smallest absolute Gasteiger partial charge is 0.395 e. The van der Waals surface area contributed by atoms with Gasteiger partial charge in [-0.3, -0.25) is 19.3 Å². The molecule has 2 aliphatic carbocycles. The lowest BCUT2D eigenvalue weighted by molar-refractivity contribution is -0.137. The van der Waals surface area contributed by atoms with Gasteiger partial charge in [0.15, 0.2) is 11.7 Å². The van der Waals surface area contributed by atoms with Crippen molar-refractivity contribution in [2.45, 2.75) is 82.1 Å². The summed E-state index contributed by atoms with van der Waals surface area (Å²) in [5, 5.41) is 7.66. The summed E-state index contributed by atoms with van der Waals surface area (Å²) in [7, 11) is 0. The quantitative estimate of drug-likeness (QED) is 0.273. The molecule has 0 aliphatic heterocycles. The Bertz CT molecular complexity index is 1410. The molecule has 1 atom stereocenters. The third-order valence-electron chi connectivity index (χ3n) is 7.77. The number of nitrogens with two attached hydrogens (primary N) is 1. The number of alkyl halides is 3. The molecule has 2 heterocycles. The van der Waals surface area contributed by atoms with Gasteiger partial charge in [-0.15, -0.1) is 11.3 Å². The lowest BCUT2D eigenvalue weighted by Crippen LogP contribution is -2.46. The van der Waals surface area contributed by atoms with E-state index in [0.29, 0.717) is 16.4 Å². The van der Waals surface area contributed by atoms with Crippen LogP contribution in [-0.4, -0.2) is 34.2 Å². The summed E-state index contributed by atoms with van der Waals surface area (Å²) >= 11 is 1.90. The lowest BCUT2D eigenvalue weighted by Gasteiger charge is -2.31. The summed E-state index contributed by atoms with van der Waals surface area (Å²) in [6, 6.07) is 6.27. The first-order chi connectivity index (χ1) is 20.1. The van der Waals surface area contributed by atoms with Gasteiger partial charge in [-0.1, -0.05) is 44.2 Å². The first-order valence-electron chi connectivity index (χ1n) is 14.0. The van der Waals surface area contributed by atoms with Crippen molar-refractivity contribution in [3.05, 3.63) is 62.8 Å². The van der Waals surface area contributed by atoms with E-state index >= 15 is 0 Å². The number of hydrogen-bond donors (Lipinski definition) is 3. The van der Waals surface area contributed by atoms with Gasteiger partial charge >= 0.3 is 6.18 Å². The third-order valence-corrected chi connectivity index (χ3v) is 9.54. The van der Waals surface area contributed by atoms with E-state index in [1.165, 1.54) is 23.5 Å². The number of nitrogens with one attached hydrogen (secondary N) is 2. The predicted molar refractivity (Wildman–Crippen MR) is 157 cm³/mol. The highest BCUT2D eigenvalue weighted by atomic mass is 32.1. The van der Waals surface area contributed by atoms with Gasteiger partial charge in [-0.2, -0.15) is 17.5 Å². The van der Waals surface area contributed by atoms with Crippen LogP contribution >= 0.6 is 22.9 Å². The van der Waals surface area contributed by atoms with Crippen molar-refractivity contribution in [2.75, 3.05) is 10.6 Å². The summed E-state index contributed by atoms with van der Waals surface area (Å²) in [5.41, 5.74) is 4.94. The fourth-order valence-corrected chi connectivity index (χ4v) is 7.16. The van der Waals surface area contributed by atoms with Crippen molar-refractivity contribution < 1.29 is 27.6 Å². The molecule has 0 spiro atoms. The van der Waals surface area contributed by atoms with Crippen LogP contribution in [0.15, 0.2) is 41.8 Å². The molecule has 3 aromatic rings. The second kappa shape index (κ2) is 12.8. The van der Waals surface area contributed by atoms with E-state index in [0.717, 1.165) is 74.8 Å². The van der Waals surface area contributed by atoms with E-state index in [9.17, 15) is 27.6 Å². The maximum absolute atomic E-state index is 14.3. The SMILES string of the molecule is Nc1c(C(=O)NC2CCCCC2)nsc1C(=O)N(c1cccc(C(F)(F)F)c1)[C@H](C(=O)NC1CCCC1)c1cccs1. The second-order valence-electron chi connectivity index (χ2n) is 10.7.